The van der Waals surface area contributed by atoms with E-state index in [0.717, 1.165) is 36.0 Å². The van der Waals surface area contributed by atoms with E-state index in [2.05, 4.69) is 28.0 Å². The highest BCUT2D eigenvalue weighted by molar-refractivity contribution is 9.10. The number of ether oxygens (including phenoxy) is 1. The second-order valence-electron chi connectivity index (χ2n) is 4.70. The molecule has 1 heterocycles. The molecule has 0 spiro atoms. The molecule has 4 nitrogen and oxygen atoms in total. The van der Waals surface area contributed by atoms with E-state index in [0.29, 0.717) is 0 Å². The summed E-state index contributed by atoms with van der Waals surface area (Å²) in [4.78, 5) is 0. The topological polar surface area (TPSA) is 53.1 Å². The van der Waals surface area contributed by atoms with Crippen molar-refractivity contribution >= 4 is 15.9 Å². The Labute approximate surface area is 111 Å². The second-order valence-corrected chi connectivity index (χ2v) is 5.56. The molecule has 0 radical (unpaired) electrons. The predicted molar refractivity (Wildman–Crippen MR) is 70.7 cm³/mol. The summed E-state index contributed by atoms with van der Waals surface area (Å²) in [6, 6.07) is -0.107. The standard InChI is InChI=1S/C12H20BrN3O/c1-3-7-16-10(9(13)8-15-16)11(14)12(17-2)5-4-6-12/h8,11H,3-7,14H2,1-2H3. The van der Waals surface area contributed by atoms with Crippen LogP contribution in [-0.4, -0.2) is 22.5 Å². The van der Waals surface area contributed by atoms with E-state index in [1.165, 1.54) is 6.42 Å². The number of hydrogen-bond donors (Lipinski definition) is 1. The third kappa shape index (κ3) is 2.16. The quantitative estimate of drug-likeness (QED) is 0.909. The highest BCUT2D eigenvalue weighted by Crippen LogP contribution is 2.44. The van der Waals surface area contributed by atoms with Crippen LogP contribution in [0, 0.1) is 0 Å². The van der Waals surface area contributed by atoms with Crippen molar-refractivity contribution in [3.63, 3.8) is 0 Å². The molecule has 1 atom stereocenters. The van der Waals surface area contributed by atoms with Crippen LogP contribution in [0.2, 0.25) is 0 Å². The summed E-state index contributed by atoms with van der Waals surface area (Å²) in [7, 11) is 1.76. The van der Waals surface area contributed by atoms with Gasteiger partial charge in [0.15, 0.2) is 0 Å². The van der Waals surface area contributed by atoms with Gasteiger partial charge in [0.2, 0.25) is 0 Å². The van der Waals surface area contributed by atoms with Crippen molar-refractivity contribution in [2.24, 2.45) is 5.73 Å². The maximum Gasteiger partial charge on any atom is 0.0886 e. The molecule has 1 unspecified atom stereocenters. The van der Waals surface area contributed by atoms with Gasteiger partial charge in [0.25, 0.3) is 0 Å². The van der Waals surface area contributed by atoms with Crippen LogP contribution < -0.4 is 5.73 Å². The second kappa shape index (κ2) is 5.08. The lowest BCUT2D eigenvalue weighted by Crippen LogP contribution is -2.49. The molecular weight excluding hydrogens is 282 g/mol. The van der Waals surface area contributed by atoms with Crippen molar-refractivity contribution in [2.75, 3.05) is 7.11 Å². The Morgan fingerprint density at radius 3 is 2.82 bits per heavy atom. The number of aryl methyl sites for hydroxylation is 1. The lowest BCUT2D eigenvalue weighted by molar-refractivity contribution is -0.0929. The lowest BCUT2D eigenvalue weighted by Gasteiger charge is -2.45. The van der Waals surface area contributed by atoms with E-state index in [1.807, 2.05) is 10.9 Å². The molecule has 0 amide bonds. The molecule has 1 aromatic heterocycles. The summed E-state index contributed by atoms with van der Waals surface area (Å²) in [6.07, 6.45) is 6.14. The van der Waals surface area contributed by atoms with Gasteiger partial charge in [0.05, 0.1) is 28.0 Å². The Morgan fingerprint density at radius 1 is 1.65 bits per heavy atom. The molecule has 0 saturated heterocycles. The Kier molecular flexibility index (Phi) is 3.90. The summed E-state index contributed by atoms with van der Waals surface area (Å²) in [5.74, 6) is 0. The van der Waals surface area contributed by atoms with Crippen molar-refractivity contribution in [3.8, 4) is 0 Å². The number of methoxy groups -OCH3 is 1. The van der Waals surface area contributed by atoms with Crippen LogP contribution in [0.4, 0.5) is 0 Å². The largest absolute Gasteiger partial charge is 0.376 e. The number of halogens is 1. The van der Waals surface area contributed by atoms with Crippen molar-refractivity contribution in [3.05, 3.63) is 16.4 Å². The Hall–Kier alpha value is -0.390. The zero-order chi connectivity index (χ0) is 12.5. The summed E-state index contributed by atoms with van der Waals surface area (Å²) >= 11 is 3.54. The van der Waals surface area contributed by atoms with Gasteiger partial charge in [-0.25, -0.2) is 0 Å². The Balaban J connectivity index is 2.29. The first-order chi connectivity index (χ1) is 8.14. The molecule has 1 aliphatic rings. The molecule has 5 heteroatoms. The van der Waals surface area contributed by atoms with E-state index in [4.69, 9.17) is 10.5 Å². The fourth-order valence-corrected chi connectivity index (χ4v) is 3.03. The fourth-order valence-electron chi connectivity index (χ4n) is 2.49. The average molecular weight is 302 g/mol. The van der Waals surface area contributed by atoms with Gasteiger partial charge in [-0.05, 0) is 41.6 Å². The van der Waals surface area contributed by atoms with Crippen molar-refractivity contribution in [1.29, 1.82) is 0 Å². The Morgan fingerprint density at radius 2 is 2.35 bits per heavy atom. The maximum absolute atomic E-state index is 6.41. The minimum Gasteiger partial charge on any atom is -0.376 e. The van der Waals surface area contributed by atoms with Crippen LogP contribution in [0.3, 0.4) is 0 Å². The number of aromatic nitrogens is 2. The van der Waals surface area contributed by atoms with E-state index < -0.39 is 0 Å². The first kappa shape index (κ1) is 13.1. The molecule has 1 fully saturated rings. The SMILES string of the molecule is CCCn1ncc(Br)c1C(N)C1(OC)CCC1. The third-order valence-electron chi connectivity index (χ3n) is 3.74. The number of nitrogens with zero attached hydrogens (tertiary/aromatic N) is 2. The molecule has 1 aliphatic carbocycles. The van der Waals surface area contributed by atoms with Crippen LogP contribution in [0.25, 0.3) is 0 Å². The molecule has 2 rings (SSSR count). The monoisotopic (exact) mass is 301 g/mol. The number of rotatable bonds is 5. The lowest BCUT2D eigenvalue weighted by atomic mass is 9.73. The molecule has 0 aromatic carbocycles. The van der Waals surface area contributed by atoms with Crippen molar-refractivity contribution in [1.82, 2.24) is 9.78 Å². The minimum atomic E-state index is -0.186. The van der Waals surface area contributed by atoms with Gasteiger partial charge < -0.3 is 10.5 Å². The smallest absolute Gasteiger partial charge is 0.0886 e. The molecular formula is C12H20BrN3O. The molecule has 17 heavy (non-hydrogen) atoms. The van der Waals surface area contributed by atoms with Gasteiger partial charge in [0.1, 0.15) is 0 Å². The van der Waals surface area contributed by atoms with Crippen LogP contribution in [0.5, 0.6) is 0 Å². The fraction of sp³-hybridized carbons (Fsp3) is 0.750. The Bertz CT molecular complexity index is 382. The molecule has 1 saturated carbocycles. The average Bonchev–Trinajstić information content (AvgIpc) is 2.59. The van der Waals surface area contributed by atoms with Gasteiger partial charge >= 0.3 is 0 Å². The third-order valence-corrected chi connectivity index (χ3v) is 4.35. The maximum atomic E-state index is 6.41. The van der Waals surface area contributed by atoms with Gasteiger partial charge in [0, 0.05) is 13.7 Å². The normalized spacial score (nSPS) is 20.0. The zero-order valence-electron chi connectivity index (χ0n) is 10.4. The van der Waals surface area contributed by atoms with Crippen LogP contribution >= 0.6 is 15.9 Å². The summed E-state index contributed by atoms with van der Waals surface area (Å²) < 4.78 is 8.64. The summed E-state index contributed by atoms with van der Waals surface area (Å²) in [5, 5.41) is 4.37. The molecule has 2 N–H and O–H groups in total. The zero-order valence-corrected chi connectivity index (χ0v) is 12.0. The van der Waals surface area contributed by atoms with Crippen molar-refractivity contribution < 1.29 is 4.74 Å². The van der Waals surface area contributed by atoms with Crippen LogP contribution in [0.1, 0.15) is 44.3 Å². The van der Waals surface area contributed by atoms with E-state index in [1.54, 1.807) is 7.11 Å². The van der Waals surface area contributed by atoms with Gasteiger partial charge in [-0.2, -0.15) is 5.10 Å². The predicted octanol–water partition coefficient (Wildman–Crippen LogP) is 2.62. The van der Waals surface area contributed by atoms with E-state index in [-0.39, 0.29) is 11.6 Å². The van der Waals surface area contributed by atoms with E-state index in [9.17, 15) is 0 Å². The summed E-state index contributed by atoms with van der Waals surface area (Å²) in [5.41, 5.74) is 7.28. The first-order valence-corrected chi connectivity index (χ1v) is 6.96. The minimum absolute atomic E-state index is 0.107. The highest BCUT2D eigenvalue weighted by Gasteiger charge is 2.45. The number of nitrogens with two attached hydrogens (primary N) is 1. The molecule has 0 aliphatic heterocycles. The summed E-state index contributed by atoms with van der Waals surface area (Å²) in [6.45, 7) is 3.04. The molecule has 1 aromatic rings. The van der Waals surface area contributed by atoms with Crippen LogP contribution in [0.15, 0.2) is 10.7 Å². The van der Waals surface area contributed by atoms with E-state index >= 15 is 0 Å². The number of hydrogen-bond acceptors (Lipinski definition) is 3. The highest BCUT2D eigenvalue weighted by atomic mass is 79.9. The van der Waals surface area contributed by atoms with Crippen molar-refractivity contribution in [2.45, 2.75) is 50.8 Å². The van der Waals surface area contributed by atoms with Crippen LogP contribution in [-0.2, 0) is 11.3 Å². The van der Waals surface area contributed by atoms with Gasteiger partial charge in [-0.3, -0.25) is 4.68 Å². The molecule has 0 bridgehead atoms. The first-order valence-electron chi connectivity index (χ1n) is 6.16. The van der Waals surface area contributed by atoms with Gasteiger partial charge in [-0.15, -0.1) is 0 Å². The molecule has 96 valence electrons. The van der Waals surface area contributed by atoms with Gasteiger partial charge in [-0.1, -0.05) is 6.92 Å².